The smallest absolute Gasteiger partial charge is 0.347 e. The number of ether oxygens (including phenoxy) is 1. The van der Waals surface area contributed by atoms with Crippen LogP contribution in [0.3, 0.4) is 0 Å². The van der Waals surface area contributed by atoms with E-state index in [9.17, 15) is 19.4 Å². The van der Waals surface area contributed by atoms with Crippen molar-refractivity contribution in [3.63, 3.8) is 0 Å². The van der Waals surface area contributed by atoms with Gasteiger partial charge in [0.1, 0.15) is 17.1 Å². The molecular weight excluding hydrogens is 452 g/mol. The number of hydrogen-bond donors (Lipinski definition) is 2. The zero-order chi connectivity index (χ0) is 25.2. The molecule has 184 valence electrons. The number of aromatic hydroxyl groups is 1. The van der Waals surface area contributed by atoms with Gasteiger partial charge in [0.25, 0.3) is 0 Å². The number of hydrogen-bond acceptors (Lipinski definition) is 5. The first-order valence-corrected chi connectivity index (χ1v) is 11.7. The van der Waals surface area contributed by atoms with Crippen LogP contribution in [-0.2, 0) is 5.60 Å². The van der Waals surface area contributed by atoms with Crippen molar-refractivity contribution in [2.24, 2.45) is 5.92 Å². The summed E-state index contributed by atoms with van der Waals surface area (Å²) in [5.41, 5.74) is -0.806. The fraction of sp³-hybridized carbons (Fsp3) is 0.321. The molecule has 3 aromatic carbocycles. The predicted octanol–water partition coefficient (Wildman–Crippen LogP) is 5.50. The molecule has 35 heavy (non-hydrogen) atoms. The Balaban J connectivity index is 1.63. The largest absolute Gasteiger partial charge is 0.507 e. The van der Waals surface area contributed by atoms with E-state index in [4.69, 9.17) is 4.74 Å². The average Bonchev–Trinajstić information content (AvgIpc) is 2.82. The highest BCUT2D eigenvalue weighted by Crippen LogP contribution is 2.45. The Kier molecular flexibility index (Phi) is 7.19. The summed E-state index contributed by atoms with van der Waals surface area (Å²) < 4.78 is 35.7. The molecule has 1 aliphatic carbocycles. The topological polar surface area (TPSA) is 70.0 Å². The predicted molar refractivity (Wildman–Crippen MR) is 129 cm³/mol. The summed E-state index contributed by atoms with van der Waals surface area (Å²) in [4.78, 5) is 14.7. The number of aliphatic hydroxyl groups is 1. The highest BCUT2D eigenvalue weighted by Gasteiger charge is 2.45. The molecule has 0 radical (unpaired) electrons. The quantitative estimate of drug-likeness (QED) is 0.360. The van der Waals surface area contributed by atoms with Crippen molar-refractivity contribution in [3.05, 3.63) is 83.4 Å². The number of phenols is 1. The van der Waals surface area contributed by atoms with E-state index in [1.54, 1.807) is 6.07 Å². The molecule has 2 unspecified atom stereocenters. The van der Waals surface area contributed by atoms with E-state index in [1.165, 1.54) is 12.1 Å². The van der Waals surface area contributed by atoms with Gasteiger partial charge in [0.15, 0.2) is 11.6 Å². The third-order valence-electron chi connectivity index (χ3n) is 6.64. The summed E-state index contributed by atoms with van der Waals surface area (Å²) in [5.74, 6) is -4.18. The van der Waals surface area contributed by atoms with E-state index < -0.39 is 34.5 Å². The van der Waals surface area contributed by atoms with Gasteiger partial charge in [-0.3, -0.25) is 0 Å². The fourth-order valence-corrected chi connectivity index (χ4v) is 4.92. The number of esters is 1. The summed E-state index contributed by atoms with van der Waals surface area (Å²) in [7, 11) is 3.69. The number of phenolic OH excluding ortho intramolecular Hbond substituents is 1. The second-order valence-electron chi connectivity index (χ2n) is 9.35. The van der Waals surface area contributed by atoms with Gasteiger partial charge in [-0.15, -0.1) is 0 Å². The van der Waals surface area contributed by atoms with Crippen molar-refractivity contribution in [1.82, 2.24) is 4.90 Å². The standard InChI is InChI=1S/C28H29F2NO4/c1-31(2)17-20-10-6-7-15-28(20,34)25-22(29)13-14-24(26(25)30)35-27(33)21-12-11-19(16-23(21)32)18-8-4-3-5-9-18/h3-5,8-9,11-14,16,20,32,34H,6-7,10,15,17H2,1-2H3. The summed E-state index contributed by atoms with van der Waals surface area (Å²) in [6, 6.07) is 15.8. The van der Waals surface area contributed by atoms with Crippen LogP contribution in [0.25, 0.3) is 11.1 Å². The van der Waals surface area contributed by atoms with Crippen molar-refractivity contribution in [2.75, 3.05) is 20.6 Å². The lowest BCUT2D eigenvalue weighted by Crippen LogP contribution is -2.44. The summed E-state index contributed by atoms with van der Waals surface area (Å²) in [6.07, 6.45) is 2.32. The fourth-order valence-electron chi connectivity index (χ4n) is 4.92. The van der Waals surface area contributed by atoms with Crippen molar-refractivity contribution in [2.45, 2.75) is 31.3 Å². The Bertz CT molecular complexity index is 1220. The van der Waals surface area contributed by atoms with Crippen molar-refractivity contribution in [3.8, 4) is 22.6 Å². The third-order valence-corrected chi connectivity index (χ3v) is 6.64. The molecule has 0 bridgehead atoms. The van der Waals surface area contributed by atoms with Gasteiger partial charge < -0.3 is 19.8 Å². The van der Waals surface area contributed by atoms with Crippen LogP contribution in [-0.4, -0.2) is 41.7 Å². The molecule has 0 aromatic heterocycles. The highest BCUT2D eigenvalue weighted by atomic mass is 19.1. The molecule has 1 fully saturated rings. The SMILES string of the molecule is CN(C)CC1CCCCC1(O)c1c(F)ccc(OC(=O)c2ccc(-c3ccccc3)cc2O)c1F. The Morgan fingerprint density at radius 1 is 1.06 bits per heavy atom. The molecule has 1 saturated carbocycles. The van der Waals surface area contributed by atoms with Gasteiger partial charge >= 0.3 is 5.97 Å². The first-order valence-electron chi connectivity index (χ1n) is 11.7. The Morgan fingerprint density at radius 2 is 1.80 bits per heavy atom. The van der Waals surface area contributed by atoms with Gasteiger partial charge in [-0.2, -0.15) is 0 Å². The van der Waals surface area contributed by atoms with Gasteiger partial charge in [0.2, 0.25) is 0 Å². The molecule has 2 atom stereocenters. The lowest BCUT2D eigenvalue weighted by molar-refractivity contribution is -0.0671. The number of carbonyl (C=O) groups excluding carboxylic acids is 1. The maximum Gasteiger partial charge on any atom is 0.347 e. The van der Waals surface area contributed by atoms with E-state index >= 15 is 4.39 Å². The zero-order valence-electron chi connectivity index (χ0n) is 19.8. The third kappa shape index (κ3) is 5.06. The van der Waals surface area contributed by atoms with E-state index in [0.29, 0.717) is 24.9 Å². The van der Waals surface area contributed by atoms with Gasteiger partial charge in [0.05, 0.1) is 11.2 Å². The van der Waals surface area contributed by atoms with Crippen molar-refractivity contribution >= 4 is 5.97 Å². The lowest BCUT2D eigenvalue weighted by Gasteiger charge is -2.42. The summed E-state index contributed by atoms with van der Waals surface area (Å²) >= 11 is 0. The molecule has 1 aliphatic rings. The van der Waals surface area contributed by atoms with Gasteiger partial charge in [-0.05, 0) is 62.3 Å². The van der Waals surface area contributed by atoms with E-state index in [-0.39, 0.29) is 23.7 Å². The van der Waals surface area contributed by atoms with Gasteiger partial charge in [-0.1, -0.05) is 49.2 Å². The maximum absolute atomic E-state index is 15.6. The highest BCUT2D eigenvalue weighted by molar-refractivity contribution is 5.94. The summed E-state index contributed by atoms with van der Waals surface area (Å²) in [5, 5.41) is 21.9. The molecule has 0 amide bonds. The minimum atomic E-state index is -1.72. The first-order chi connectivity index (χ1) is 16.7. The monoisotopic (exact) mass is 481 g/mol. The van der Waals surface area contributed by atoms with Crippen LogP contribution >= 0.6 is 0 Å². The molecule has 4 rings (SSSR count). The van der Waals surface area contributed by atoms with Crippen LogP contribution in [0.5, 0.6) is 11.5 Å². The van der Waals surface area contributed by atoms with Crippen LogP contribution in [0.2, 0.25) is 0 Å². The number of nitrogens with zero attached hydrogens (tertiary/aromatic N) is 1. The minimum absolute atomic E-state index is 0.156. The number of halogens is 2. The molecule has 2 N–H and O–H groups in total. The molecule has 0 spiro atoms. The average molecular weight is 482 g/mol. The van der Waals surface area contributed by atoms with Crippen LogP contribution in [0.1, 0.15) is 41.6 Å². The molecule has 5 nitrogen and oxygen atoms in total. The lowest BCUT2D eigenvalue weighted by atomic mass is 9.71. The van der Waals surface area contributed by atoms with E-state index in [0.717, 1.165) is 24.1 Å². The van der Waals surface area contributed by atoms with Crippen LogP contribution in [0, 0.1) is 17.6 Å². The zero-order valence-corrected chi connectivity index (χ0v) is 19.8. The van der Waals surface area contributed by atoms with E-state index in [1.807, 2.05) is 49.3 Å². The Labute approximate surface area is 203 Å². The number of benzene rings is 3. The van der Waals surface area contributed by atoms with Gasteiger partial charge in [0, 0.05) is 12.5 Å². The second-order valence-corrected chi connectivity index (χ2v) is 9.35. The number of rotatable bonds is 6. The Hall–Kier alpha value is -3.29. The maximum atomic E-state index is 15.6. The molecular formula is C28H29F2NO4. The Morgan fingerprint density at radius 3 is 2.49 bits per heavy atom. The normalized spacial score (nSPS) is 20.1. The van der Waals surface area contributed by atoms with E-state index in [2.05, 4.69) is 0 Å². The number of carbonyl (C=O) groups is 1. The minimum Gasteiger partial charge on any atom is -0.507 e. The van der Waals surface area contributed by atoms with Gasteiger partial charge in [-0.25, -0.2) is 13.6 Å². The van der Waals surface area contributed by atoms with Crippen LogP contribution < -0.4 is 4.74 Å². The molecule has 3 aromatic rings. The van der Waals surface area contributed by atoms with Crippen molar-refractivity contribution < 1.29 is 28.5 Å². The van der Waals surface area contributed by atoms with Crippen LogP contribution in [0.4, 0.5) is 8.78 Å². The first kappa shape index (κ1) is 24.8. The van der Waals surface area contributed by atoms with Crippen LogP contribution in [0.15, 0.2) is 60.7 Å². The molecule has 7 heteroatoms. The van der Waals surface area contributed by atoms with Crippen molar-refractivity contribution in [1.29, 1.82) is 0 Å². The summed E-state index contributed by atoms with van der Waals surface area (Å²) in [6.45, 7) is 0.459. The molecule has 0 aliphatic heterocycles. The second kappa shape index (κ2) is 10.1. The molecule has 0 saturated heterocycles. The molecule has 0 heterocycles.